The topological polar surface area (TPSA) is 71.7 Å². The molecule has 0 saturated heterocycles. The molecule has 2 aromatic rings. The van der Waals surface area contributed by atoms with E-state index >= 15 is 0 Å². The number of pyridine rings is 1. The van der Waals surface area contributed by atoms with E-state index in [0.717, 1.165) is 0 Å². The SMILES string of the molecule is O=Cc1c(O)nc2ccc(Br)cn2c1=O. The highest BCUT2D eigenvalue weighted by Gasteiger charge is 2.10. The van der Waals surface area contributed by atoms with E-state index in [2.05, 4.69) is 20.9 Å². The number of hydrogen-bond donors (Lipinski definition) is 1. The lowest BCUT2D eigenvalue weighted by atomic mass is 10.3. The minimum Gasteiger partial charge on any atom is -0.493 e. The van der Waals surface area contributed by atoms with Crippen molar-refractivity contribution in [2.45, 2.75) is 0 Å². The molecule has 0 atom stereocenters. The summed E-state index contributed by atoms with van der Waals surface area (Å²) in [6.45, 7) is 0. The highest BCUT2D eigenvalue weighted by molar-refractivity contribution is 9.10. The van der Waals surface area contributed by atoms with Crippen LogP contribution in [0.1, 0.15) is 10.4 Å². The van der Waals surface area contributed by atoms with Crippen molar-refractivity contribution in [3.8, 4) is 5.88 Å². The Balaban J connectivity index is 2.99. The number of fused-ring (bicyclic) bond motifs is 1. The summed E-state index contributed by atoms with van der Waals surface area (Å²) in [5.74, 6) is -0.544. The van der Waals surface area contributed by atoms with Crippen LogP contribution in [-0.4, -0.2) is 20.8 Å². The number of rotatable bonds is 1. The van der Waals surface area contributed by atoms with Gasteiger partial charge in [-0.2, -0.15) is 4.98 Å². The van der Waals surface area contributed by atoms with E-state index in [4.69, 9.17) is 0 Å². The number of aromatic nitrogens is 2. The maximum Gasteiger partial charge on any atom is 0.272 e. The number of carbonyl (C=O) groups is 1. The van der Waals surface area contributed by atoms with Crippen LogP contribution in [-0.2, 0) is 0 Å². The second-order valence-corrected chi connectivity index (χ2v) is 3.76. The summed E-state index contributed by atoms with van der Waals surface area (Å²) in [6, 6.07) is 3.24. The van der Waals surface area contributed by atoms with Gasteiger partial charge in [-0.3, -0.25) is 14.0 Å². The largest absolute Gasteiger partial charge is 0.493 e. The first-order valence-corrected chi connectivity index (χ1v) is 4.79. The number of halogens is 1. The van der Waals surface area contributed by atoms with Gasteiger partial charge >= 0.3 is 0 Å². The van der Waals surface area contributed by atoms with Crippen LogP contribution in [0, 0.1) is 0 Å². The average molecular weight is 269 g/mol. The van der Waals surface area contributed by atoms with Crippen molar-refractivity contribution >= 4 is 27.9 Å². The van der Waals surface area contributed by atoms with Gasteiger partial charge in [-0.25, -0.2) is 0 Å². The summed E-state index contributed by atoms with van der Waals surface area (Å²) >= 11 is 3.19. The van der Waals surface area contributed by atoms with Crippen LogP contribution in [0.25, 0.3) is 5.65 Å². The third-order valence-electron chi connectivity index (χ3n) is 1.92. The summed E-state index contributed by atoms with van der Waals surface area (Å²) in [6.07, 6.45) is 1.77. The Morgan fingerprint density at radius 2 is 2.20 bits per heavy atom. The minimum atomic E-state index is -0.589. The number of hydrogen-bond acceptors (Lipinski definition) is 4. The molecule has 2 aromatic heterocycles. The van der Waals surface area contributed by atoms with Crippen molar-refractivity contribution in [1.82, 2.24) is 9.38 Å². The molecule has 0 aromatic carbocycles. The van der Waals surface area contributed by atoms with Crippen LogP contribution in [0.15, 0.2) is 27.6 Å². The van der Waals surface area contributed by atoms with Crippen molar-refractivity contribution in [2.75, 3.05) is 0 Å². The van der Waals surface area contributed by atoms with Crippen molar-refractivity contribution in [3.63, 3.8) is 0 Å². The second kappa shape index (κ2) is 3.47. The highest BCUT2D eigenvalue weighted by atomic mass is 79.9. The van der Waals surface area contributed by atoms with Gasteiger partial charge in [0.05, 0.1) is 0 Å². The summed E-state index contributed by atoms with van der Waals surface area (Å²) in [5, 5.41) is 9.29. The van der Waals surface area contributed by atoms with Gasteiger partial charge in [-0.05, 0) is 28.1 Å². The molecule has 0 saturated carbocycles. The quantitative estimate of drug-likeness (QED) is 0.783. The smallest absolute Gasteiger partial charge is 0.272 e. The fraction of sp³-hybridized carbons (Fsp3) is 0. The van der Waals surface area contributed by atoms with Gasteiger partial charge in [-0.15, -0.1) is 0 Å². The standard InChI is InChI=1S/C9H5BrN2O3/c10-5-1-2-7-11-8(14)6(4-13)9(15)12(7)3-5/h1-4,14H. The molecule has 0 aliphatic rings. The molecule has 0 unspecified atom stereocenters. The molecule has 5 nitrogen and oxygen atoms in total. The van der Waals surface area contributed by atoms with E-state index in [9.17, 15) is 14.7 Å². The predicted octanol–water partition coefficient (Wildman–Crippen LogP) is 0.975. The van der Waals surface area contributed by atoms with Crippen LogP contribution < -0.4 is 5.56 Å². The molecular weight excluding hydrogens is 264 g/mol. The number of aromatic hydroxyl groups is 1. The van der Waals surface area contributed by atoms with Gasteiger partial charge in [0.1, 0.15) is 11.2 Å². The zero-order valence-corrected chi connectivity index (χ0v) is 8.93. The Morgan fingerprint density at radius 1 is 1.47 bits per heavy atom. The number of aldehydes is 1. The van der Waals surface area contributed by atoms with E-state index in [1.807, 2.05) is 0 Å². The summed E-state index contributed by atoms with van der Waals surface area (Å²) in [4.78, 5) is 25.9. The van der Waals surface area contributed by atoms with E-state index in [1.54, 1.807) is 12.1 Å². The van der Waals surface area contributed by atoms with Crippen molar-refractivity contribution in [2.24, 2.45) is 0 Å². The lowest BCUT2D eigenvalue weighted by Gasteiger charge is -2.02. The Kier molecular flexibility index (Phi) is 2.28. The van der Waals surface area contributed by atoms with Gasteiger partial charge in [0.25, 0.3) is 5.56 Å². The summed E-state index contributed by atoms with van der Waals surface area (Å²) in [7, 11) is 0. The van der Waals surface area contributed by atoms with Crippen LogP contribution in [0.5, 0.6) is 5.88 Å². The molecule has 0 radical (unpaired) electrons. The van der Waals surface area contributed by atoms with E-state index in [0.29, 0.717) is 4.47 Å². The Bertz CT molecular complexity index is 606. The molecule has 0 aliphatic carbocycles. The lowest BCUT2D eigenvalue weighted by molar-refractivity contribution is 0.111. The van der Waals surface area contributed by atoms with Crippen LogP contribution in [0.4, 0.5) is 0 Å². The zero-order valence-electron chi connectivity index (χ0n) is 7.35. The number of nitrogens with zero attached hydrogens (tertiary/aromatic N) is 2. The fourth-order valence-corrected chi connectivity index (χ4v) is 1.55. The summed E-state index contributed by atoms with van der Waals surface area (Å²) in [5.41, 5.74) is -0.647. The molecule has 0 fully saturated rings. The maximum atomic E-state index is 11.6. The van der Waals surface area contributed by atoms with Gasteiger partial charge in [0.15, 0.2) is 6.29 Å². The van der Waals surface area contributed by atoms with Crippen LogP contribution >= 0.6 is 15.9 Å². The van der Waals surface area contributed by atoms with Crippen molar-refractivity contribution in [3.05, 3.63) is 38.7 Å². The number of carbonyl (C=O) groups excluding carboxylic acids is 1. The maximum absolute atomic E-state index is 11.6. The van der Waals surface area contributed by atoms with Gasteiger partial charge < -0.3 is 5.11 Å². The first-order valence-electron chi connectivity index (χ1n) is 3.99. The predicted molar refractivity (Wildman–Crippen MR) is 56.2 cm³/mol. The van der Waals surface area contributed by atoms with Crippen molar-refractivity contribution < 1.29 is 9.90 Å². The van der Waals surface area contributed by atoms with Gasteiger partial charge in [-0.1, -0.05) is 0 Å². The Hall–Kier alpha value is -1.69. The molecule has 0 bridgehead atoms. The first-order chi connectivity index (χ1) is 7.13. The van der Waals surface area contributed by atoms with E-state index < -0.39 is 11.4 Å². The normalized spacial score (nSPS) is 10.5. The Morgan fingerprint density at radius 3 is 2.87 bits per heavy atom. The van der Waals surface area contributed by atoms with Gasteiger partial charge in [0.2, 0.25) is 5.88 Å². The first kappa shape index (κ1) is 9.85. The molecule has 0 amide bonds. The summed E-state index contributed by atoms with van der Waals surface area (Å²) < 4.78 is 1.87. The zero-order chi connectivity index (χ0) is 11.0. The third kappa shape index (κ3) is 1.52. The molecule has 1 N–H and O–H groups in total. The molecule has 0 aliphatic heterocycles. The van der Waals surface area contributed by atoms with Crippen LogP contribution in [0.3, 0.4) is 0 Å². The molecule has 76 valence electrons. The molecule has 2 heterocycles. The molecule has 0 spiro atoms. The Labute approximate surface area is 92.1 Å². The molecule has 2 rings (SSSR count). The minimum absolute atomic E-state index is 0.284. The molecular formula is C9H5BrN2O3. The molecule has 15 heavy (non-hydrogen) atoms. The highest BCUT2D eigenvalue weighted by Crippen LogP contribution is 2.12. The molecule has 6 heteroatoms. The second-order valence-electron chi connectivity index (χ2n) is 2.85. The monoisotopic (exact) mass is 268 g/mol. The third-order valence-corrected chi connectivity index (χ3v) is 2.39. The van der Waals surface area contributed by atoms with E-state index in [1.165, 1.54) is 10.6 Å². The van der Waals surface area contributed by atoms with Crippen LogP contribution in [0.2, 0.25) is 0 Å². The average Bonchev–Trinajstić information content (AvgIpc) is 2.20. The van der Waals surface area contributed by atoms with Gasteiger partial charge in [0, 0.05) is 10.7 Å². The van der Waals surface area contributed by atoms with E-state index in [-0.39, 0.29) is 17.5 Å². The lowest BCUT2D eigenvalue weighted by Crippen LogP contribution is -2.19. The van der Waals surface area contributed by atoms with Crippen molar-refractivity contribution in [1.29, 1.82) is 0 Å². The fourth-order valence-electron chi connectivity index (χ4n) is 1.22.